The summed E-state index contributed by atoms with van der Waals surface area (Å²) in [5.74, 6) is 0. The molecule has 282 valence electrons. The van der Waals surface area contributed by atoms with Gasteiger partial charge in [-0.2, -0.15) is 0 Å². The molecular weight excluding hydrogens is 743 g/mol. The van der Waals surface area contributed by atoms with Crippen LogP contribution in [0.25, 0.3) is 86.6 Å². The van der Waals surface area contributed by atoms with Crippen molar-refractivity contribution in [3.05, 3.63) is 237 Å². The van der Waals surface area contributed by atoms with E-state index in [1.54, 1.807) is 0 Å². The van der Waals surface area contributed by atoms with E-state index in [-0.39, 0.29) is 0 Å². The Hall–Kier alpha value is -7.52. The third-order valence-electron chi connectivity index (χ3n) is 11.7. The minimum Gasteiger partial charge on any atom is -0.311 e. The summed E-state index contributed by atoms with van der Waals surface area (Å²) in [6.45, 7) is 0. The maximum atomic E-state index is 2.35. The first-order valence-corrected chi connectivity index (χ1v) is 21.3. The monoisotopic (exact) mass is 781 g/mol. The number of fused-ring (bicyclic) bond motifs is 4. The Morgan fingerprint density at radius 3 is 1.12 bits per heavy atom. The van der Waals surface area contributed by atoms with E-state index < -0.39 is 0 Å². The van der Waals surface area contributed by atoms with Crippen LogP contribution < -0.4 is 4.90 Å². The highest BCUT2D eigenvalue weighted by molar-refractivity contribution is 7.26. The number of rotatable bonds is 8. The lowest BCUT2D eigenvalue weighted by Gasteiger charge is -2.26. The van der Waals surface area contributed by atoms with Crippen molar-refractivity contribution in [1.82, 2.24) is 0 Å². The first-order valence-electron chi connectivity index (χ1n) is 20.5. The number of nitrogens with zero attached hydrogens (tertiary/aromatic N) is 1. The molecule has 0 unspecified atom stereocenters. The van der Waals surface area contributed by atoms with E-state index in [9.17, 15) is 0 Å². The summed E-state index contributed by atoms with van der Waals surface area (Å²) in [4.78, 5) is 2.35. The summed E-state index contributed by atoms with van der Waals surface area (Å²) < 4.78 is 2.67. The van der Waals surface area contributed by atoms with Crippen LogP contribution in [-0.2, 0) is 0 Å². The average Bonchev–Trinajstić information content (AvgIpc) is 3.72. The van der Waals surface area contributed by atoms with Gasteiger partial charge in [0.2, 0.25) is 0 Å². The lowest BCUT2D eigenvalue weighted by molar-refractivity contribution is 1.28. The molecule has 0 aliphatic carbocycles. The predicted molar refractivity (Wildman–Crippen MR) is 259 cm³/mol. The zero-order valence-corrected chi connectivity index (χ0v) is 33.7. The van der Waals surface area contributed by atoms with Crippen molar-refractivity contribution < 1.29 is 0 Å². The molecule has 0 aliphatic rings. The van der Waals surface area contributed by atoms with Gasteiger partial charge in [0.15, 0.2) is 0 Å². The van der Waals surface area contributed by atoms with Crippen molar-refractivity contribution >= 4 is 59.3 Å². The maximum Gasteiger partial charge on any atom is 0.0462 e. The summed E-state index contributed by atoms with van der Waals surface area (Å²) in [6.07, 6.45) is 0. The molecule has 60 heavy (non-hydrogen) atoms. The van der Waals surface area contributed by atoms with Crippen molar-refractivity contribution in [2.24, 2.45) is 0 Å². The van der Waals surface area contributed by atoms with Gasteiger partial charge in [-0.15, -0.1) is 11.3 Å². The summed E-state index contributed by atoms with van der Waals surface area (Å²) in [5, 5.41) is 5.14. The molecule has 11 rings (SSSR count). The molecule has 0 N–H and O–H groups in total. The predicted octanol–water partition coefficient (Wildman–Crippen LogP) is 17.0. The van der Waals surface area contributed by atoms with Gasteiger partial charge in [-0.3, -0.25) is 0 Å². The SMILES string of the molecule is c1ccc(-c2ccc(N(c3ccc(-c4ccc(-c5cccc6c5sc5c(-c7ccccc7)cccc56)cc4)cc3)c3ccc(-c4cccc5ccccc45)cc3)cc2)cc1. The quantitative estimate of drug-likeness (QED) is 0.148. The van der Waals surface area contributed by atoms with E-state index in [2.05, 4.69) is 241 Å². The Morgan fingerprint density at radius 2 is 0.567 bits per heavy atom. The second kappa shape index (κ2) is 15.3. The second-order valence-electron chi connectivity index (χ2n) is 15.3. The van der Waals surface area contributed by atoms with Crippen molar-refractivity contribution in [2.75, 3.05) is 4.90 Å². The van der Waals surface area contributed by atoms with Crippen LogP contribution in [0.2, 0.25) is 0 Å². The topological polar surface area (TPSA) is 3.24 Å². The molecule has 10 aromatic carbocycles. The van der Waals surface area contributed by atoms with Gasteiger partial charge in [-0.25, -0.2) is 0 Å². The van der Waals surface area contributed by atoms with Gasteiger partial charge in [0.1, 0.15) is 0 Å². The van der Waals surface area contributed by atoms with Crippen LogP contribution in [0.5, 0.6) is 0 Å². The fourth-order valence-corrected chi connectivity index (χ4v) is 10.1. The van der Waals surface area contributed by atoms with Crippen LogP contribution in [0.15, 0.2) is 237 Å². The van der Waals surface area contributed by atoms with E-state index in [4.69, 9.17) is 0 Å². The van der Waals surface area contributed by atoms with Gasteiger partial charge in [0, 0.05) is 37.2 Å². The summed E-state index contributed by atoms with van der Waals surface area (Å²) in [6, 6.07) is 85.8. The van der Waals surface area contributed by atoms with Crippen LogP contribution in [0.4, 0.5) is 17.1 Å². The van der Waals surface area contributed by atoms with Crippen molar-refractivity contribution in [3.8, 4) is 55.6 Å². The zero-order chi connectivity index (χ0) is 39.8. The van der Waals surface area contributed by atoms with Gasteiger partial charge < -0.3 is 4.90 Å². The highest BCUT2D eigenvalue weighted by Crippen LogP contribution is 2.44. The van der Waals surface area contributed by atoms with E-state index in [1.165, 1.54) is 86.6 Å². The van der Waals surface area contributed by atoms with Crippen molar-refractivity contribution in [3.63, 3.8) is 0 Å². The molecule has 1 nitrogen and oxygen atoms in total. The van der Waals surface area contributed by atoms with Gasteiger partial charge in [-0.05, 0) is 103 Å². The number of anilines is 3. The fourth-order valence-electron chi connectivity index (χ4n) is 8.69. The van der Waals surface area contributed by atoms with Crippen molar-refractivity contribution in [1.29, 1.82) is 0 Å². The van der Waals surface area contributed by atoms with Gasteiger partial charge in [0.05, 0.1) is 0 Å². The molecule has 0 spiro atoms. The molecule has 0 saturated heterocycles. The Balaban J connectivity index is 0.921. The third kappa shape index (κ3) is 6.54. The Labute approximate surface area is 354 Å². The third-order valence-corrected chi connectivity index (χ3v) is 13.0. The molecule has 2 heteroatoms. The smallest absolute Gasteiger partial charge is 0.0462 e. The van der Waals surface area contributed by atoms with Gasteiger partial charge >= 0.3 is 0 Å². The molecule has 0 radical (unpaired) electrons. The Bertz CT molecular complexity index is 3250. The van der Waals surface area contributed by atoms with E-state index >= 15 is 0 Å². The van der Waals surface area contributed by atoms with Crippen LogP contribution >= 0.6 is 11.3 Å². The molecule has 0 atom stereocenters. The largest absolute Gasteiger partial charge is 0.311 e. The van der Waals surface area contributed by atoms with Crippen molar-refractivity contribution in [2.45, 2.75) is 0 Å². The van der Waals surface area contributed by atoms with E-state index in [0.29, 0.717) is 0 Å². The minimum absolute atomic E-state index is 1.10. The van der Waals surface area contributed by atoms with Crippen LogP contribution in [0, 0.1) is 0 Å². The van der Waals surface area contributed by atoms with E-state index in [0.717, 1.165) is 17.1 Å². The summed E-state index contributed by atoms with van der Waals surface area (Å²) >= 11 is 1.90. The Kier molecular flexibility index (Phi) is 9.11. The highest BCUT2D eigenvalue weighted by Gasteiger charge is 2.16. The van der Waals surface area contributed by atoms with E-state index in [1.807, 2.05) is 11.3 Å². The molecule has 1 heterocycles. The van der Waals surface area contributed by atoms with Gasteiger partial charge in [0.25, 0.3) is 0 Å². The number of benzene rings is 10. The van der Waals surface area contributed by atoms with Crippen LogP contribution in [-0.4, -0.2) is 0 Å². The van der Waals surface area contributed by atoms with Crippen LogP contribution in [0.3, 0.4) is 0 Å². The number of hydrogen-bond acceptors (Lipinski definition) is 2. The fraction of sp³-hybridized carbons (Fsp3) is 0. The lowest BCUT2D eigenvalue weighted by Crippen LogP contribution is -2.09. The normalized spacial score (nSPS) is 11.3. The maximum absolute atomic E-state index is 2.35. The summed E-state index contributed by atoms with van der Waals surface area (Å²) in [7, 11) is 0. The number of hydrogen-bond donors (Lipinski definition) is 0. The Morgan fingerprint density at radius 1 is 0.233 bits per heavy atom. The lowest BCUT2D eigenvalue weighted by atomic mass is 9.97. The second-order valence-corrected chi connectivity index (χ2v) is 16.3. The molecule has 0 bridgehead atoms. The first kappa shape index (κ1) is 35.6. The molecule has 1 aromatic heterocycles. The molecule has 0 saturated carbocycles. The molecule has 11 aromatic rings. The average molecular weight is 782 g/mol. The number of thiophene rings is 1. The van der Waals surface area contributed by atoms with Gasteiger partial charge in [-0.1, -0.05) is 200 Å². The van der Waals surface area contributed by atoms with Crippen LogP contribution in [0.1, 0.15) is 0 Å². The zero-order valence-electron chi connectivity index (χ0n) is 32.9. The standard InChI is InChI=1S/C58H39NS/c1-3-12-40(13-4-1)42-28-34-48(35-29-42)59(50-38-32-46(33-39-50)52-19-9-17-44-16-7-8-18-51(44)52)49-36-30-43(31-37-49)41-24-26-47(27-25-41)54-21-11-23-56-55-22-10-20-53(57(55)60-58(54)56)45-14-5-2-6-15-45/h1-39H. The molecular formula is C58H39NS. The summed E-state index contributed by atoms with van der Waals surface area (Å²) in [5.41, 5.74) is 15.6. The first-order chi connectivity index (χ1) is 29.7. The molecule has 0 aliphatic heterocycles. The molecule has 0 amide bonds. The molecule has 0 fully saturated rings. The highest BCUT2D eigenvalue weighted by atomic mass is 32.1. The minimum atomic E-state index is 1.10.